The average molecular weight is 475 g/mol. The highest BCUT2D eigenvalue weighted by Crippen LogP contribution is 2.50. The van der Waals surface area contributed by atoms with Crippen LogP contribution < -0.4 is 26.8 Å². The number of hydrogen-bond donors (Lipinski definition) is 2. The van der Waals surface area contributed by atoms with Crippen molar-refractivity contribution in [2.45, 2.75) is 38.3 Å². The van der Waals surface area contributed by atoms with Crippen LogP contribution in [0.15, 0.2) is 41.3 Å². The van der Waals surface area contributed by atoms with E-state index < -0.39 is 11.5 Å². The molecule has 1 aromatic carbocycles. The minimum absolute atomic E-state index is 0.0145. The van der Waals surface area contributed by atoms with Gasteiger partial charge < -0.3 is 16.4 Å². The second kappa shape index (κ2) is 7.94. The summed E-state index contributed by atoms with van der Waals surface area (Å²) in [7, 11) is 1.66. The summed E-state index contributed by atoms with van der Waals surface area (Å²) in [6, 6.07) is 10.2. The van der Waals surface area contributed by atoms with Crippen molar-refractivity contribution in [3.63, 3.8) is 0 Å². The summed E-state index contributed by atoms with van der Waals surface area (Å²) in [6.07, 6.45) is 5.19. The lowest BCUT2D eigenvalue weighted by Gasteiger charge is -2.42. The van der Waals surface area contributed by atoms with Crippen LogP contribution in [0.2, 0.25) is 0 Å². The molecule has 2 aromatic heterocycles. The number of anilines is 3. The zero-order valence-corrected chi connectivity index (χ0v) is 19.9. The van der Waals surface area contributed by atoms with Gasteiger partial charge in [0.05, 0.1) is 6.20 Å². The minimum atomic E-state index is -0.434. The molecule has 10 heteroatoms. The van der Waals surface area contributed by atoms with Gasteiger partial charge >= 0.3 is 0 Å². The van der Waals surface area contributed by atoms with Crippen LogP contribution in [0.4, 0.5) is 17.6 Å². The third-order valence-corrected chi connectivity index (χ3v) is 8.11. The number of nitrogens with zero attached hydrogens (tertiary/aromatic N) is 6. The number of fused-ring (bicyclic) bond motifs is 2. The van der Waals surface area contributed by atoms with Crippen molar-refractivity contribution in [3.8, 4) is 0 Å². The smallest absolute Gasteiger partial charge is 0.269 e. The maximum absolute atomic E-state index is 13.4. The molecule has 1 aliphatic carbocycles. The summed E-state index contributed by atoms with van der Waals surface area (Å²) in [5.74, 6) is 0.694. The van der Waals surface area contributed by atoms with Gasteiger partial charge in [0.1, 0.15) is 17.2 Å². The molecule has 0 saturated carbocycles. The summed E-state index contributed by atoms with van der Waals surface area (Å²) in [6.45, 7) is 2.69. The molecule has 10 nitrogen and oxygen atoms in total. The number of nitrogens with two attached hydrogens (primary N) is 2. The number of aromatic nitrogens is 4. The van der Waals surface area contributed by atoms with E-state index in [9.17, 15) is 9.59 Å². The summed E-state index contributed by atoms with van der Waals surface area (Å²) in [5, 5.41) is 4.25. The summed E-state index contributed by atoms with van der Waals surface area (Å²) < 4.78 is 3.21. The third kappa shape index (κ3) is 3.27. The molecular formula is C25H30N8O2. The molecule has 1 fully saturated rings. The zero-order chi connectivity index (χ0) is 24.3. The molecule has 1 spiro atoms. The SMILES string of the molecule is Cn1c(N2CCC3(CC2)Cc2ccccc2[C@H]3N)nc(N)c(C(=O)N2CCCn3nccc32)c1=O. The summed E-state index contributed by atoms with van der Waals surface area (Å²) in [5.41, 5.74) is 15.1. The van der Waals surface area contributed by atoms with Crippen molar-refractivity contribution in [2.75, 3.05) is 35.2 Å². The molecule has 0 radical (unpaired) electrons. The van der Waals surface area contributed by atoms with E-state index in [1.807, 2.05) is 0 Å². The van der Waals surface area contributed by atoms with Gasteiger partial charge in [0.2, 0.25) is 5.95 Å². The predicted molar refractivity (Wildman–Crippen MR) is 133 cm³/mol. The van der Waals surface area contributed by atoms with E-state index in [1.54, 1.807) is 28.9 Å². The molecule has 0 unspecified atom stereocenters. The van der Waals surface area contributed by atoms with Crippen molar-refractivity contribution in [1.29, 1.82) is 0 Å². The number of carbonyl (C=O) groups excluding carboxylic acids is 1. The van der Waals surface area contributed by atoms with Gasteiger partial charge in [-0.25, -0.2) is 4.68 Å². The first-order valence-electron chi connectivity index (χ1n) is 12.2. The first-order chi connectivity index (χ1) is 16.9. The molecule has 6 rings (SSSR count). The van der Waals surface area contributed by atoms with E-state index in [0.717, 1.165) is 45.3 Å². The fourth-order valence-corrected chi connectivity index (χ4v) is 6.11. The Balaban J connectivity index is 1.25. The molecule has 1 amide bonds. The van der Waals surface area contributed by atoms with Gasteiger partial charge in [-0.3, -0.25) is 19.1 Å². The Labute approximate surface area is 203 Å². The zero-order valence-electron chi connectivity index (χ0n) is 19.9. The van der Waals surface area contributed by atoms with Gasteiger partial charge in [0, 0.05) is 45.3 Å². The monoisotopic (exact) mass is 474 g/mol. The highest BCUT2D eigenvalue weighted by molar-refractivity contribution is 6.08. The predicted octanol–water partition coefficient (Wildman–Crippen LogP) is 1.45. The Bertz CT molecular complexity index is 1370. The molecule has 1 atom stereocenters. The molecule has 4 heterocycles. The van der Waals surface area contributed by atoms with Gasteiger partial charge in [-0.15, -0.1) is 0 Å². The minimum Gasteiger partial charge on any atom is -0.383 e. The lowest BCUT2D eigenvalue weighted by molar-refractivity contribution is 0.0980. The molecule has 182 valence electrons. The van der Waals surface area contributed by atoms with Gasteiger partial charge in [-0.05, 0) is 42.2 Å². The Morgan fingerprint density at radius 1 is 1.11 bits per heavy atom. The number of aryl methyl sites for hydroxylation is 1. The number of amides is 1. The second-order valence-corrected chi connectivity index (χ2v) is 9.96. The molecular weight excluding hydrogens is 444 g/mol. The number of carbonyl (C=O) groups is 1. The Kier molecular flexibility index (Phi) is 4.96. The maximum Gasteiger partial charge on any atom is 0.269 e. The van der Waals surface area contributed by atoms with E-state index in [4.69, 9.17) is 11.5 Å². The molecule has 0 bridgehead atoms. The highest BCUT2D eigenvalue weighted by Gasteiger charge is 2.46. The molecule has 3 aliphatic rings. The standard InChI is InChI=1S/C25H30N8O2/c1-30-22(34)19(23(35)32-11-4-12-33-18(32)7-10-28-33)21(27)29-24(30)31-13-8-25(9-14-31)15-16-5-2-3-6-17(16)20(25)26/h2-3,5-7,10,20H,4,8-9,11-15,26-27H2,1H3/t20-/m1/s1. The van der Waals surface area contributed by atoms with Crippen molar-refractivity contribution in [3.05, 3.63) is 63.6 Å². The van der Waals surface area contributed by atoms with Crippen LogP contribution in [-0.2, 0) is 20.0 Å². The molecule has 2 aliphatic heterocycles. The summed E-state index contributed by atoms with van der Waals surface area (Å²) in [4.78, 5) is 35.0. The van der Waals surface area contributed by atoms with E-state index in [2.05, 4.69) is 39.2 Å². The first-order valence-corrected chi connectivity index (χ1v) is 12.2. The lowest BCUT2D eigenvalue weighted by atomic mass is 9.73. The summed E-state index contributed by atoms with van der Waals surface area (Å²) >= 11 is 0. The van der Waals surface area contributed by atoms with Gasteiger partial charge in [-0.2, -0.15) is 10.1 Å². The largest absolute Gasteiger partial charge is 0.383 e. The van der Waals surface area contributed by atoms with Crippen molar-refractivity contribution < 1.29 is 4.79 Å². The Morgan fingerprint density at radius 3 is 2.66 bits per heavy atom. The first kappa shape index (κ1) is 21.8. The van der Waals surface area contributed by atoms with Crippen molar-refractivity contribution >= 4 is 23.5 Å². The second-order valence-electron chi connectivity index (χ2n) is 9.96. The van der Waals surface area contributed by atoms with Crippen molar-refractivity contribution in [1.82, 2.24) is 19.3 Å². The van der Waals surface area contributed by atoms with Crippen molar-refractivity contribution in [2.24, 2.45) is 18.2 Å². The quantitative estimate of drug-likeness (QED) is 0.575. The van der Waals surface area contributed by atoms with Crippen LogP contribution >= 0.6 is 0 Å². The average Bonchev–Trinajstić information content (AvgIpc) is 3.45. The third-order valence-electron chi connectivity index (χ3n) is 8.11. The highest BCUT2D eigenvalue weighted by atomic mass is 16.2. The Morgan fingerprint density at radius 2 is 1.89 bits per heavy atom. The van der Waals surface area contributed by atoms with Crippen LogP contribution in [0.5, 0.6) is 0 Å². The fraction of sp³-hybridized carbons (Fsp3) is 0.440. The molecule has 35 heavy (non-hydrogen) atoms. The van der Waals surface area contributed by atoms with Gasteiger partial charge in [0.15, 0.2) is 0 Å². The van der Waals surface area contributed by atoms with Crippen LogP contribution in [0.1, 0.15) is 46.8 Å². The number of hydrogen-bond acceptors (Lipinski definition) is 7. The number of nitrogen functional groups attached to an aromatic ring is 1. The van der Waals surface area contributed by atoms with E-state index >= 15 is 0 Å². The van der Waals surface area contributed by atoms with E-state index in [1.165, 1.54) is 15.7 Å². The van der Waals surface area contributed by atoms with Gasteiger partial charge in [0.25, 0.3) is 11.5 Å². The van der Waals surface area contributed by atoms with Gasteiger partial charge in [-0.1, -0.05) is 24.3 Å². The topological polar surface area (TPSA) is 128 Å². The normalized spacial score (nSPS) is 20.7. The fourth-order valence-electron chi connectivity index (χ4n) is 6.11. The number of benzene rings is 1. The Hall–Kier alpha value is -3.66. The van der Waals surface area contributed by atoms with Crippen LogP contribution in [-0.4, -0.2) is 44.9 Å². The van der Waals surface area contributed by atoms with E-state index in [-0.39, 0.29) is 22.8 Å². The molecule has 1 saturated heterocycles. The number of rotatable bonds is 2. The van der Waals surface area contributed by atoms with Crippen LogP contribution in [0.3, 0.4) is 0 Å². The number of piperidine rings is 1. The molecule has 3 aromatic rings. The van der Waals surface area contributed by atoms with Crippen LogP contribution in [0.25, 0.3) is 0 Å². The molecule has 4 N–H and O–H groups in total. The lowest BCUT2D eigenvalue weighted by Crippen LogP contribution is -2.47. The van der Waals surface area contributed by atoms with Crippen LogP contribution in [0, 0.1) is 5.41 Å². The van der Waals surface area contributed by atoms with E-state index in [0.29, 0.717) is 18.3 Å². The maximum atomic E-state index is 13.4.